The molecular formula is C22H19F2N3O2. The highest BCUT2D eigenvalue weighted by Gasteiger charge is 2.50. The molecule has 1 aliphatic carbocycles. The molecule has 1 saturated carbocycles. The van der Waals surface area contributed by atoms with Crippen LogP contribution in [0.4, 0.5) is 8.78 Å². The van der Waals surface area contributed by atoms with Crippen LogP contribution in [0, 0.1) is 12.3 Å². The molecule has 0 spiro atoms. The van der Waals surface area contributed by atoms with Gasteiger partial charge in [0.1, 0.15) is 5.75 Å². The van der Waals surface area contributed by atoms with E-state index in [1.165, 1.54) is 11.0 Å². The molecule has 1 unspecified atom stereocenters. The lowest BCUT2D eigenvalue weighted by Gasteiger charge is -2.27. The number of aliphatic imine (C=N–C) groups is 1. The first-order chi connectivity index (χ1) is 13.9. The Hall–Kier alpha value is -3.40. The van der Waals surface area contributed by atoms with Crippen molar-refractivity contribution in [3.05, 3.63) is 64.7 Å². The van der Waals surface area contributed by atoms with Crippen LogP contribution in [0.3, 0.4) is 0 Å². The summed E-state index contributed by atoms with van der Waals surface area (Å²) in [4.78, 5) is 19.1. The second kappa shape index (κ2) is 6.89. The number of nitrogens with zero attached hydrogens (tertiary/aromatic N) is 2. The zero-order valence-corrected chi connectivity index (χ0v) is 15.7. The Bertz CT molecular complexity index is 1060. The number of terminal acetylenes is 1. The van der Waals surface area contributed by atoms with Gasteiger partial charge in [-0.15, -0.1) is 6.42 Å². The molecule has 29 heavy (non-hydrogen) atoms. The van der Waals surface area contributed by atoms with E-state index in [1.54, 1.807) is 43.4 Å². The van der Waals surface area contributed by atoms with E-state index in [0.717, 1.165) is 12.8 Å². The fraction of sp³-hybridized carbons (Fsp3) is 0.273. The summed E-state index contributed by atoms with van der Waals surface area (Å²) in [6.07, 6.45) is 7.29. The van der Waals surface area contributed by atoms with Crippen molar-refractivity contribution in [2.75, 3.05) is 7.05 Å². The lowest BCUT2D eigenvalue weighted by Crippen LogP contribution is -2.41. The van der Waals surface area contributed by atoms with Crippen LogP contribution in [0.25, 0.3) is 0 Å². The van der Waals surface area contributed by atoms with Crippen molar-refractivity contribution in [1.82, 2.24) is 4.90 Å². The van der Waals surface area contributed by atoms with Gasteiger partial charge in [0.2, 0.25) is 0 Å². The number of halogens is 2. The standard InChI is InChI=1S/C22H19F2N3O2/c1-3-13-5-4-6-15(11-13)22(19(28)27(2)21(25)26-22)16-9-10-18(29-20(23)24)17(12-16)14-7-8-14/h1,4-6,9-12,14,20H,7-8H2,2H3,(H2,25,26). The van der Waals surface area contributed by atoms with Gasteiger partial charge in [0.25, 0.3) is 5.91 Å². The van der Waals surface area contributed by atoms with Gasteiger partial charge in [-0.05, 0) is 59.7 Å². The topological polar surface area (TPSA) is 67.9 Å². The third-order valence-corrected chi connectivity index (χ3v) is 5.35. The maximum absolute atomic E-state index is 13.3. The molecule has 2 aromatic carbocycles. The predicted molar refractivity (Wildman–Crippen MR) is 105 cm³/mol. The summed E-state index contributed by atoms with van der Waals surface area (Å²) in [5, 5.41) is 0. The zero-order chi connectivity index (χ0) is 20.8. The van der Waals surface area contributed by atoms with Gasteiger partial charge in [-0.3, -0.25) is 9.69 Å². The molecule has 4 rings (SSSR count). The molecule has 0 aromatic heterocycles. The second-order valence-electron chi connectivity index (χ2n) is 7.18. The van der Waals surface area contributed by atoms with E-state index in [4.69, 9.17) is 16.9 Å². The SMILES string of the molecule is C#Cc1cccc(C2(c3ccc(OC(F)F)c(C4CC4)c3)N=C(N)N(C)C2=O)c1. The Kier molecular flexibility index (Phi) is 4.50. The number of guanidine groups is 1. The van der Waals surface area contributed by atoms with E-state index in [1.807, 2.05) is 0 Å². The Morgan fingerprint density at radius 3 is 2.59 bits per heavy atom. The highest BCUT2D eigenvalue weighted by atomic mass is 19.3. The van der Waals surface area contributed by atoms with Crippen LogP contribution in [0.5, 0.6) is 5.75 Å². The third-order valence-electron chi connectivity index (χ3n) is 5.35. The fourth-order valence-corrected chi connectivity index (χ4v) is 3.71. The largest absolute Gasteiger partial charge is 0.435 e. The number of carbonyl (C=O) groups excluding carboxylic acids is 1. The molecule has 2 aliphatic rings. The molecule has 1 heterocycles. The first-order valence-electron chi connectivity index (χ1n) is 9.16. The highest BCUT2D eigenvalue weighted by molar-refractivity contribution is 6.09. The van der Waals surface area contributed by atoms with E-state index < -0.39 is 12.2 Å². The van der Waals surface area contributed by atoms with Crippen LogP contribution in [-0.4, -0.2) is 30.4 Å². The van der Waals surface area contributed by atoms with Crippen molar-refractivity contribution in [3.63, 3.8) is 0 Å². The van der Waals surface area contributed by atoms with Crippen molar-refractivity contribution in [2.24, 2.45) is 10.7 Å². The smallest absolute Gasteiger partial charge is 0.387 e. The van der Waals surface area contributed by atoms with E-state index >= 15 is 0 Å². The molecular weight excluding hydrogens is 376 g/mol. The Morgan fingerprint density at radius 1 is 1.28 bits per heavy atom. The van der Waals surface area contributed by atoms with Crippen molar-refractivity contribution in [2.45, 2.75) is 30.9 Å². The molecule has 1 aliphatic heterocycles. The number of hydrogen-bond donors (Lipinski definition) is 1. The average Bonchev–Trinajstić information content (AvgIpc) is 3.52. The fourth-order valence-electron chi connectivity index (χ4n) is 3.71. The van der Waals surface area contributed by atoms with Crippen LogP contribution in [-0.2, 0) is 10.3 Å². The maximum atomic E-state index is 13.3. The molecule has 7 heteroatoms. The zero-order valence-electron chi connectivity index (χ0n) is 15.7. The van der Waals surface area contributed by atoms with Crippen LogP contribution >= 0.6 is 0 Å². The van der Waals surface area contributed by atoms with E-state index in [9.17, 15) is 13.6 Å². The number of alkyl halides is 2. The number of hydrogen-bond acceptors (Lipinski definition) is 4. The van der Waals surface area contributed by atoms with Crippen LogP contribution in [0.2, 0.25) is 0 Å². The Balaban J connectivity index is 1.93. The van der Waals surface area contributed by atoms with Gasteiger partial charge in [-0.1, -0.05) is 24.1 Å². The second-order valence-corrected chi connectivity index (χ2v) is 7.18. The summed E-state index contributed by atoms with van der Waals surface area (Å²) in [6.45, 7) is -2.92. The van der Waals surface area contributed by atoms with Crippen LogP contribution in [0.1, 0.15) is 41.0 Å². The summed E-state index contributed by atoms with van der Waals surface area (Å²) in [7, 11) is 1.55. The molecule has 1 amide bonds. The van der Waals surface area contributed by atoms with Gasteiger partial charge < -0.3 is 10.5 Å². The predicted octanol–water partition coefficient (Wildman–Crippen LogP) is 3.18. The average molecular weight is 395 g/mol. The van der Waals surface area contributed by atoms with Crippen molar-refractivity contribution < 1.29 is 18.3 Å². The number of ether oxygens (including phenoxy) is 1. The summed E-state index contributed by atoms with van der Waals surface area (Å²) < 4.78 is 30.4. The Morgan fingerprint density at radius 2 is 2.00 bits per heavy atom. The molecule has 0 radical (unpaired) electrons. The Labute approximate surface area is 167 Å². The summed E-state index contributed by atoms with van der Waals surface area (Å²) >= 11 is 0. The van der Waals surface area contributed by atoms with Crippen molar-refractivity contribution in [3.8, 4) is 18.1 Å². The minimum atomic E-state index is -2.92. The van der Waals surface area contributed by atoms with Gasteiger partial charge in [0.05, 0.1) is 0 Å². The molecule has 2 aromatic rings. The van der Waals surface area contributed by atoms with Gasteiger partial charge in [-0.2, -0.15) is 8.78 Å². The molecule has 0 saturated heterocycles. The lowest BCUT2D eigenvalue weighted by atomic mass is 9.81. The molecule has 5 nitrogen and oxygen atoms in total. The highest BCUT2D eigenvalue weighted by Crippen LogP contribution is 2.48. The number of carbonyl (C=O) groups is 1. The molecule has 148 valence electrons. The van der Waals surface area contributed by atoms with Crippen molar-refractivity contribution in [1.29, 1.82) is 0 Å². The van der Waals surface area contributed by atoms with Gasteiger partial charge in [0.15, 0.2) is 11.5 Å². The summed E-state index contributed by atoms with van der Waals surface area (Å²) in [6, 6.07) is 11.8. The third kappa shape index (κ3) is 3.11. The number of likely N-dealkylation sites (N-methyl/N-ethyl adjacent to an activating group) is 1. The van der Waals surface area contributed by atoms with Crippen LogP contribution < -0.4 is 10.5 Å². The van der Waals surface area contributed by atoms with Gasteiger partial charge in [-0.25, -0.2) is 4.99 Å². The minimum absolute atomic E-state index is 0.0713. The molecule has 2 N–H and O–H groups in total. The normalized spacial score (nSPS) is 21.3. The number of benzene rings is 2. The first-order valence-corrected chi connectivity index (χ1v) is 9.16. The molecule has 0 bridgehead atoms. The quantitative estimate of drug-likeness (QED) is 0.791. The van der Waals surface area contributed by atoms with Gasteiger partial charge in [0, 0.05) is 12.6 Å². The number of amides is 1. The van der Waals surface area contributed by atoms with Gasteiger partial charge >= 0.3 is 6.61 Å². The monoisotopic (exact) mass is 395 g/mol. The molecule has 1 fully saturated rings. The van der Waals surface area contributed by atoms with E-state index in [2.05, 4.69) is 10.9 Å². The lowest BCUT2D eigenvalue weighted by molar-refractivity contribution is -0.129. The van der Waals surface area contributed by atoms with E-state index in [-0.39, 0.29) is 23.5 Å². The van der Waals surface area contributed by atoms with E-state index in [0.29, 0.717) is 22.3 Å². The summed E-state index contributed by atoms with van der Waals surface area (Å²) in [5.41, 5.74) is 6.89. The first kappa shape index (κ1) is 18.9. The summed E-state index contributed by atoms with van der Waals surface area (Å²) in [5.74, 6) is 2.53. The van der Waals surface area contributed by atoms with Crippen molar-refractivity contribution >= 4 is 11.9 Å². The maximum Gasteiger partial charge on any atom is 0.387 e. The number of rotatable bonds is 5. The minimum Gasteiger partial charge on any atom is -0.435 e. The number of nitrogens with two attached hydrogens (primary N) is 1. The molecule has 1 atom stereocenters. The van der Waals surface area contributed by atoms with Crippen LogP contribution in [0.15, 0.2) is 47.5 Å².